The summed E-state index contributed by atoms with van der Waals surface area (Å²) < 4.78 is 1.91. The number of nitrogens with zero attached hydrogens (tertiary/aromatic N) is 4. The van der Waals surface area contributed by atoms with E-state index in [-0.39, 0.29) is 0 Å². The predicted molar refractivity (Wildman–Crippen MR) is 116 cm³/mol. The van der Waals surface area contributed by atoms with Crippen LogP contribution in [0, 0.1) is 0 Å². The van der Waals surface area contributed by atoms with Crippen LogP contribution in [0.1, 0.15) is 6.42 Å². The van der Waals surface area contributed by atoms with Gasteiger partial charge in [0.25, 0.3) is 0 Å². The molecule has 4 rings (SSSR count). The number of aromatic nitrogens is 3. The zero-order chi connectivity index (χ0) is 19.3. The molecule has 0 saturated heterocycles. The summed E-state index contributed by atoms with van der Waals surface area (Å²) in [5, 5.41) is 8.18. The normalized spacial score (nSPS) is 11.2. The van der Waals surface area contributed by atoms with Gasteiger partial charge in [0.2, 0.25) is 0 Å². The molecule has 142 valence electrons. The number of benzene rings is 2. The molecule has 5 nitrogen and oxygen atoms in total. The summed E-state index contributed by atoms with van der Waals surface area (Å²) in [4.78, 5) is 7.15. The predicted octanol–water partition coefficient (Wildman–Crippen LogP) is 4.43. The largest absolute Gasteiger partial charge is 0.370 e. The fourth-order valence-corrected chi connectivity index (χ4v) is 3.28. The first kappa shape index (κ1) is 18.2. The molecule has 4 aromatic rings. The molecular weight excluding hydrogens is 346 g/mol. The second-order valence-corrected chi connectivity index (χ2v) is 7.14. The van der Waals surface area contributed by atoms with Gasteiger partial charge in [-0.1, -0.05) is 60.7 Å². The van der Waals surface area contributed by atoms with Gasteiger partial charge < -0.3 is 10.2 Å². The number of fused-ring (bicyclic) bond motifs is 1. The zero-order valence-corrected chi connectivity index (χ0v) is 16.3. The van der Waals surface area contributed by atoms with Gasteiger partial charge >= 0.3 is 0 Å². The van der Waals surface area contributed by atoms with E-state index in [1.165, 1.54) is 0 Å². The van der Waals surface area contributed by atoms with Crippen molar-refractivity contribution in [1.29, 1.82) is 0 Å². The van der Waals surface area contributed by atoms with Crippen LogP contribution in [0.4, 0.5) is 5.82 Å². The Balaban J connectivity index is 1.77. The molecule has 1 N–H and O–H groups in total. The van der Waals surface area contributed by atoms with Gasteiger partial charge in [0, 0.05) is 23.7 Å². The number of anilines is 1. The van der Waals surface area contributed by atoms with Gasteiger partial charge in [-0.25, -0.2) is 4.98 Å². The molecule has 0 unspecified atom stereocenters. The molecule has 0 aliphatic rings. The van der Waals surface area contributed by atoms with Crippen LogP contribution >= 0.6 is 0 Å². The van der Waals surface area contributed by atoms with Crippen molar-refractivity contribution in [3.05, 3.63) is 72.9 Å². The van der Waals surface area contributed by atoms with Gasteiger partial charge in [-0.2, -0.15) is 9.61 Å². The Morgan fingerprint density at radius 2 is 1.61 bits per heavy atom. The third-order valence-corrected chi connectivity index (χ3v) is 4.71. The highest BCUT2D eigenvalue weighted by Gasteiger charge is 2.13. The molecule has 0 spiro atoms. The quantitative estimate of drug-likeness (QED) is 0.488. The van der Waals surface area contributed by atoms with E-state index in [4.69, 9.17) is 4.98 Å². The van der Waals surface area contributed by atoms with E-state index in [2.05, 4.69) is 59.7 Å². The van der Waals surface area contributed by atoms with Crippen molar-refractivity contribution in [1.82, 2.24) is 19.5 Å². The summed E-state index contributed by atoms with van der Waals surface area (Å²) >= 11 is 0. The first-order valence-electron chi connectivity index (χ1n) is 9.60. The van der Waals surface area contributed by atoms with E-state index in [1.807, 2.05) is 47.1 Å². The maximum absolute atomic E-state index is 4.95. The summed E-state index contributed by atoms with van der Waals surface area (Å²) in [6, 6.07) is 22.7. The zero-order valence-electron chi connectivity index (χ0n) is 16.3. The van der Waals surface area contributed by atoms with Crippen molar-refractivity contribution in [2.75, 3.05) is 32.5 Å². The molecule has 2 heterocycles. The van der Waals surface area contributed by atoms with Crippen molar-refractivity contribution in [2.24, 2.45) is 0 Å². The number of hydrogen-bond donors (Lipinski definition) is 1. The van der Waals surface area contributed by atoms with Crippen LogP contribution in [0.5, 0.6) is 0 Å². The van der Waals surface area contributed by atoms with Crippen LogP contribution < -0.4 is 5.32 Å². The van der Waals surface area contributed by atoms with Crippen LogP contribution in [0.15, 0.2) is 72.9 Å². The van der Waals surface area contributed by atoms with E-state index in [9.17, 15) is 0 Å². The van der Waals surface area contributed by atoms with Crippen LogP contribution in [0.2, 0.25) is 0 Å². The summed E-state index contributed by atoms with van der Waals surface area (Å²) in [5.74, 6) is 0.963. The molecule has 0 saturated carbocycles. The van der Waals surface area contributed by atoms with Crippen molar-refractivity contribution in [2.45, 2.75) is 6.42 Å². The van der Waals surface area contributed by atoms with E-state index in [0.717, 1.165) is 53.4 Å². The van der Waals surface area contributed by atoms with Crippen molar-refractivity contribution < 1.29 is 0 Å². The maximum atomic E-state index is 4.95. The molecule has 28 heavy (non-hydrogen) atoms. The number of hydrogen-bond acceptors (Lipinski definition) is 4. The Hall–Kier alpha value is -3.18. The fraction of sp³-hybridized carbons (Fsp3) is 0.217. The molecular formula is C23H25N5. The average Bonchev–Trinajstić information content (AvgIpc) is 3.16. The minimum atomic E-state index is 0.864. The standard InChI is InChI=1S/C23H25N5/c1-27(2)15-9-14-24-22-16-21(19-12-7-4-8-13-19)26-23-20(17-25-28(22)23)18-10-5-3-6-11-18/h3-8,10-13,16-17,24H,9,14-15H2,1-2H3. The lowest BCUT2D eigenvalue weighted by atomic mass is 10.1. The lowest BCUT2D eigenvalue weighted by Gasteiger charge is -2.13. The lowest BCUT2D eigenvalue weighted by Crippen LogP contribution is -2.17. The SMILES string of the molecule is CN(C)CCCNc1cc(-c2ccccc2)nc2c(-c3ccccc3)cnn12. The number of rotatable bonds is 7. The van der Waals surface area contributed by atoms with Gasteiger partial charge in [-0.3, -0.25) is 0 Å². The minimum Gasteiger partial charge on any atom is -0.370 e. The van der Waals surface area contributed by atoms with Crippen LogP contribution in [-0.4, -0.2) is 46.7 Å². The second-order valence-electron chi connectivity index (χ2n) is 7.14. The van der Waals surface area contributed by atoms with Crippen molar-refractivity contribution >= 4 is 11.5 Å². The first-order valence-corrected chi connectivity index (χ1v) is 9.60. The molecule has 0 amide bonds. The molecule has 0 bridgehead atoms. The Bertz CT molecular complexity index is 1040. The smallest absolute Gasteiger partial charge is 0.165 e. The van der Waals surface area contributed by atoms with E-state index >= 15 is 0 Å². The van der Waals surface area contributed by atoms with Gasteiger partial charge in [-0.15, -0.1) is 0 Å². The van der Waals surface area contributed by atoms with E-state index < -0.39 is 0 Å². The molecule has 0 radical (unpaired) electrons. The Kier molecular flexibility index (Phi) is 5.35. The second kappa shape index (κ2) is 8.23. The van der Waals surface area contributed by atoms with Gasteiger partial charge in [0.05, 0.1) is 11.9 Å². The topological polar surface area (TPSA) is 45.5 Å². The van der Waals surface area contributed by atoms with E-state index in [1.54, 1.807) is 0 Å². The Morgan fingerprint density at radius 3 is 2.29 bits per heavy atom. The van der Waals surface area contributed by atoms with Crippen molar-refractivity contribution in [3.63, 3.8) is 0 Å². The molecule has 5 heteroatoms. The van der Waals surface area contributed by atoms with Crippen LogP contribution in [0.3, 0.4) is 0 Å². The maximum Gasteiger partial charge on any atom is 0.165 e. The fourth-order valence-electron chi connectivity index (χ4n) is 3.28. The first-order chi connectivity index (χ1) is 13.7. The lowest BCUT2D eigenvalue weighted by molar-refractivity contribution is 0.405. The highest BCUT2D eigenvalue weighted by Crippen LogP contribution is 2.28. The number of nitrogens with one attached hydrogen (secondary N) is 1. The van der Waals surface area contributed by atoms with Gasteiger partial charge in [0.1, 0.15) is 5.82 Å². The third kappa shape index (κ3) is 3.89. The highest BCUT2D eigenvalue weighted by molar-refractivity contribution is 5.80. The molecule has 2 aromatic heterocycles. The summed E-state index contributed by atoms with van der Waals surface area (Å²) in [6.07, 6.45) is 2.96. The average molecular weight is 371 g/mol. The van der Waals surface area contributed by atoms with Crippen LogP contribution in [-0.2, 0) is 0 Å². The monoisotopic (exact) mass is 371 g/mol. The van der Waals surface area contributed by atoms with E-state index in [0.29, 0.717) is 0 Å². The molecule has 0 atom stereocenters. The highest BCUT2D eigenvalue weighted by atomic mass is 15.3. The van der Waals surface area contributed by atoms with Crippen molar-refractivity contribution in [3.8, 4) is 22.4 Å². The summed E-state index contributed by atoms with van der Waals surface area (Å²) in [7, 11) is 4.19. The third-order valence-electron chi connectivity index (χ3n) is 4.71. The minimum absolute atomic E-state index is 0.864. The van der Waals surface area contributed by atoms with Gasteiger partial charge in [0.15, 0.2) is 5.65 Å². The molecule has 2 aromatic carbocycles. The molecule has 0 aliphatic carbocycles. The Labute approximate surface area is 165 Å². The summed E-state index contributed by atoms with van der Waals surface area (Å²) in [5.41, 5.74) is 5.06. The molecule has 0 aliphatic heterocycles. The Morgan fingerprint density at radius 1 is 0.929 bits per heavy atom. The van der Waals surface area contributed by atoms with Gasteiger partial charge in [-0.05, 0) is 32.6 Å². The van der Waals surface area contributed by atoms with Crippen LogP contribution in [0.25, 0.3) is 28.0 Å². The molecule has 0 fully saturated rings. The summed E-state index contributed by atoms with van der Waals surface area (Å²) in [6.45, 7) is 1.92.